The number of nitrogens with zero attached hydrogens (tertiary/aromatic N) is 1. The first kappa shape index (κ1) is 9.06. The normalized spacial score (nSPS) is 15.3. The summed E-state index contributed by atoms with van der Waals surface area (Å²) in [6.07, 6.45) is 0.748. The van der Waals surface area contributed by atoms with E-state index in [1.54, 1.807) is 0 Å². The summed E-state index contributed by atoms with van der Waals surface area (Å²) < 4.78 is 4.76. The van der Waals surface area contributed by atoms with Crippen LogP contribution < -0.4 is 40.0 Å². The van der Waals surface area contributed by atoms with Gasteiger partial charge in [0.05, 0.1) is 6.54 Å². The molecular formula is C6H7N2NaO2. The minimum Gasteiger partial charge on any atom is -0.856 e. The molecule has 0 aliphatic carbocycles. The minimum absolute atomic E-state index is 0. The van der Waals surface area contributed by atoms with Gasteiger partial charge in [0.2, 0.25) is 0 Å². The summed E-state index contributed by atoms with van der Waals surface area (Å²) in [4.78, 5) is 0. The second-order valence-electron chi connectivity index (χ2n) is 2.32. The molecule has 4 nitrogen and oxygen atoms in total. The van der Waals surface area contributed by atoms with Gasteiger partial charge in [-0.05, 0) is 13.0 Å². The Bertz CT molecular complexity index is 249. The maximum absolute atomic E-state index is 10.8. The molecule has 2 rings (SSSR count). The van der Waals surface area contributed by atoms with Gasteiger partial charge in [-0.2, -0.15) is 0 Å². The van der Waals surface area contributed by atoms with Crippen LogP contribution in [0.15, 0.2) is 4.52 Å². The van der Waals surface area contributed by atoms with Crippen LogP contribution in [0.25, 0.3) is 0 Å². The third-order valence-electron chi connectivity index (χ3n) is 1.67. The molecule has 1 aliphatic heterocycles. The molecule has 0 saturated carbocycles. The molecule has 0 spiro atoms. The summed E-state index contributed by atoms with van der Waals surface area (Å²) in [7, 11) is 0. The fraction of sp³-hybridized carbons (Fsp3) is 0.500. The second kappa shape index (κ2) is 3.58. The largest absolute Gasteiger partial charge is 1.00 e. The van der Waals surface area contributed by atoms with Gasteiger partial charge in [-0.25, -0.2) is 0 Å². The van der Waals surface area contributed by atoms with E-state index in [0.717, 1.165) is 18.5 Å². The topological polar surface area (TPSA) is 61.1 Å². The molecule has 54 valence electrons. The van der Waals surface area contributed by atoms with Gasteiger partial charge in [0, 0.05) is 11.4 Å². The van der Waals surface area contributed by atoms with Gasteiger partial charge in [0.25, 0.3) is 0 Å². The van der Waals surface area contributed by atoms with E-state index in [1.807, 2.05) is 0 Å². The number of nitrogens with one attached hydrogen (secondary N) is 1. The van der Waals surface area contributed by atoms with Gasteiger partial charge in [-0.15, -0.1) is 0 Å². The van der Waals surface area contributed by atoms with Crippen molar-refractivity contribution in [3.63, 3.8) is 0 Å². The Balaban J connectivity index is 0.000000605. The van der Waals surface area contributed by atoms with E-state index in [-0.39, 0.29) is 35.4 Å². The third-order valence-corrected chi connectivity index (χ3v) is 1.67. The zero-order valence-electron chi connectivity index (χ0n) is 6.39. The van der Waals surface area contributed by atoms with E-state index in [2.05, 4.69) is 10.5 Å². The molecule has 1 N–H and O–H groups in total. The first-order valence-electron chi connectivity index (χ1n) is 3.23. The maximum atomic E-state index is 10.8. The Hall–Kier alpha value is -0.0300. The summed E-state index contributed by atoms with van der Waals surface area (Å²) in [5.74, 6) is 0.507. The first-order chi connectivity index (χ1) is 4.88. The standard InChI is InChI=1S/C6H8N2O2.Na/c9-6-4-1-2-7-3-5(4)10-8-6;/h7H,1-3H2,(H,8,9);/q;+1/p-1. The maximum Gasteiger partial charge on any atom is 1.00 e. The Kier molecular flexibility index (Phi) is 2.95. The van der Waals surface area contributed by atoms with E-state index < -0.39 is 0 Å². The number of hydrogen-bond acceptors (Lipinski definition) is 4. The van der Waals surface area contributed by atoms with Crippen LogP contribution >= 0.6 is 0 Å². The number of fused-ring (bicyclic) bond motifs is 1. The molecule has 1 aliphatic rings. The molecule has 0 saturated heterocycles. The Morgan fingerprint density at radius 2 is 2.36 bits per heavy atom. The molecule has 0 atom stereocenters. The fourth-order valence-electron chi connectivity index (χ4n) is 1.13. The smallest absolute Gasteiger partial charge is 0.856 e. The predicted octanol–water partition coefficient (Wildman–Crippen LogP) is -3.60. The molecule has 1 aromatic heterocycles. The molecule has 5 heteroatoms. The fourth-order valence-corrected chi connectivity index (χ4v) is 1.13. The van der Waals surface area contributed by atoms with Crippen LogP contribution in [0.3, 0.4) is 0 Å². The van der Waals surface area contributed by atoms with Crippen LogP contribution in [0.2, 0.25) is 0 Å². The van der Waals surface area contributed by atoms with Gasteiger partial charge in [0.1, 0.15) is 0 Å². The first-order valence-corrected chi connectivity index (χ1v) is 3.23. The summed E-state index contributed by atoms with van der Waals surface area (Å²) in [5, 5.41) is 17.2. The second-order valence-corrected chi connectivity index (χ2v) is 2.32. The van der Waals surface area contributed by atoms with Crippen LogP contribution in [-0.2, 0) is 13.0 Å². The zero-order chi connectivity index (χ0) is 6.97. The van der Waals surface area contributed by atoms with Crippen molar-refractivity contribution in [1.82, 2.24) is 10.5 Å². The van der Waals surface area contributed by atoms with Gasteiger partial charge in [-0.1, -0.05) is 5.16 Å². The summed E-state index contributed by atoms with van der Waals surface area (Å²) >= 11 is 0. The molecule has 0 aromatic carbocycles. The zero-order valence-corrected chi connectivity index (χ0v) is 8.39. The van der Waals surface area contributed by atoms with E-state index >= 15 is 0 Å². The van der Waals surface area contributed by atoms with Crippen molar-refractivity contribution >= 4 is 0 Å². The molecule has 1 aromatic rings. The minimum atomic E-state index is -0.198. The van der Waals surface area contributed by atoms with Crippen molar-refractivity contribution in [3.05, 3.63) is 11.3 Å². The Morgan fingerprint density at radius 3 is 3.09 bits per heavy atom. The summed E-state index contributed by atoms with van der Waals surface area (Å²) in [6, 6.07) is 0. The number of aromatic nitrogens is 1. The van der Waals surface area contributed by atoms with Crippen molar-refractivity contribution in [2.75, 3.05) is 6.54 Å². The average molecular weight is 162 g/mol. The van der Waals surface area contributed by atoms with Crippen molar-refractivity contribution in [1.29, 1.82) is 0 Å². The Morgan fingerprint density at radius 1 is 1.55 bits per heavy atom. The monoisotopic (exact) mass is 162 g/mol. The van der Waals surface area contributed by atoms with Gasteiger partial charge in [-0.3, -0.25) is 0 Å². The van der Waals surface area contributed by atoms with E-state index in [0.29, 0.717) is 12.3 Å². The van der Waals surface area contributed by atoms with E-state index in [1.165, 1.54) is 0 Å². The van der Waals surface area contributed by atoms with Crippen molar-refractivity contribution < 1.29 is 39.2 Å². The average Bonchev–Trinajstić information content (AvgIpc) is 2.34. The van der Waals surface area contributed by atoms with Crippen molar-refractivity contribution in [2.24, 2.45) is 0 Å². The number of hydrogen-bond donors (Lipinski definition) is 1. The van der Waals surface area contributed by atoms with Crippen molar-refractivity contribution in [2.45, 2.75) is 13.0 Å². The van der Waals surface area contributed by atoms with Crippen molar-refractivity contribution in [3.8, 4) is 5.88 Å². The van der Waals surface area contributed by atoms with Gasteiger partial charge in [0.15, 0.2) is 5.76 Å². The SMILES string of the molecule is [Na+].[O-]c1noc2c1CCNC2. The number of rotatable bonds is 0. The summed E-state index contributed by atoms with van der Waals surface area (Å²) in [6.45, 7) is 1.49. The molecule has 0 unspecified atom stereocenters. The van der Waals surface area contributed by atoms with Gasteiger partial charge < -0.3 is 14.9 Å². The van der Waals surface area contributed by atoms with Crippen LogP contribution in [0.1, 0.15) is 11.3 Å². The van der Waals surface area contributed by atoms with Crippen LogP contribution in [0, 0.1) is 0 Å². The quantitative estimate of drug-likeness (QED) is 0.400. The summed E-state index contributed by atoms with van der Waals surface area (Å²) in [5.41, 5.74) is 0.749. The molecule has 0 bridgehead atoms. The third kappa shape index (κ3) is 1.59. The Labute approximate surface area is 86.2 Å². The van der Waals surface area contributed by atoms with E-state index in [9.17, 15) is 5.11 Å². The van der Waals surface area contributed by atoms with E-state index in [4.69, 9.17) is 4.52 Å². The molecule has 2 heterocycles. The van der Waals surface area contributed by atoms with Crippen LogP contribution in [-0.4, -0.2) is 11.7 Å². The predicted molar refractivity (Wildman–Crippen MR) is 31.4 cm³/mol. The molecule has 0 fully saturated rings. The van der Waals surface area contributed by atoms with Crippen LogP contribution in [0.5, 0.6) is 5.88 Å². The molecule has 0 radical (unpaired) electrons. The molecule has 0 amide bonds. The van der Waals surface area contributed by atoms with Crippen LogP contribution in [0.4, 0.5) is 0 Å². The molecule has 11 heavy (non-hydrogen) atoms. The molecular weight excluding hydrogens is 155 g/mol. The van der Waals surface area contributed by atoms with Gasteiger partial charge >= 0.3 is 29.6 Å².